The Labute approximate surface area is 154 Å². The van der Waals surface area contributed by atoms with Crippen LogP contribution in [0.4, 0.5) is 4.39 Å². The second-order valence-corrected chi connectivity index (χ2v) is 6.22. The maximum Gasteiger partial charge on any atom is 0.166 e. The summed E-state index contributed by atoms with van der Waals surface area (Å²) in [5.74, 6) is 0.866. The topological polar surface area (TPSA) is 50.7 Å². The van der Waals surface area contributed by atoms with Crippen LogP contribution in [0.15, 0.2) is 42.5 Å². The van der Waals surface area contributed by atoms with Gasteiger partial charge in [-0.2, -0.15) is 0 Å². The van der Waals surface area contributed by atoms with Gasteiger partial charge in [0.15, 0.2) is 11.5 Å². The molecule has 0 aliphatic carbocycles. The lowest BCUT2D eigenvalue weighted by atomic mass is 10.1. The summed E-state index contributed by atoms with van der Waals surface area (Å²) in [6, 6.07) is 12.1. The first-order chi connectivity index (χ1) is 11.5. The first-order valence-electron chi connectivity index (χ1n) is 7.85. The average molecular weight is 370 g/mol. The Balaban J connectivity index is 0.00000312. The van der Waals surface area contributed by atoms with Crippen LogP contribution >= 0.6 is 12.4 Å². The van der Waals surface area contributed by atoms with E-state index in [2.05, 4.69) is 5.32 Å². The van der Waals surface area contributed by atoms with Gasteiger partial charge >= 0.3 is 0 Å². The highest BCUT2D eigenvalue weighted by molar-refractivity contribution is 5.85. The lowest BCUT2D eigenvalue weighted by Crippen LogP contribution is -2.42. The summed E-state index contributed by atoms with van der Waals surface area (Å²) < 4.78 is 25.0. The number of para-hydroxylation sites is 1. The molecular formula is C19H25ClFNO3. The zero-order chi connectivity index (χ0) is 17.6. The van der Waals surface area contributed by atoms with Crippen molar-refractivity contribution in [2.75, 3.05) is 13.7 Å². The highest BCUT2D eigenvalue weighted by Gasteiger charge is 2.18. The molecule has 0 fully saturated rings. The fraction of sp³-hybridized carbons (Fsp3) is 0.368. The van der Waals surface area contributed by atoms with E-state index in [-0.39, 0.29) is 31.4 Å². The van der Waals surface area contributed by atoms with E-state index in [0.29, 0.717) is 23.6 Å². The third-order valence-corrected chi connectivity index (χ3v) is 3.76. The van der Waals surface area contributed by atoms with Crippen LogP contribution in [-0.2, 0) is 13.2 Å². The van der Waals surface area contributed by atoms with Gasteiger partial charge in [-0.15, -0.1) is 12.4 Å². The molecule has 2 N–H and O–H groups in total. The number of methoxy groups -OCH3 is 1. The first kappa shape index (κ1) is 21.2. The van der Waals surface area contributed by atoms with Gasteiger partial charge in [-0.1, -0.05) is 30.3 Å². The van der Waals surface area contributed by atoms with E-state index >= 15 is 0 Å². The van der Waals surface area contributed by atoms with Gasteiger partial charge in [-0.25, -0.2) is 4.39 Å². The number of hydrogen-bond donors (Lipinski definition) is 2. The van der Waals surface area contributed by atoms with Crippen molar-refractivity contribution in [1.29, 1.82) is 0 Å². The Morgan fingerprint density at radius 1 is 1.08 bits per heavy atom. The van der Waals surface area contributed by atoms with Crippen molar-refractivity contribution < 1.29 is 19.0 Å². The van der Waals surface area contributed by atoms with Crippen molar-refractivity contribution in [3.63, 3.8) is 0 Å². The molecule has 0 amide bonds. The van der Waals surface area contributed by atoms with Gasteiger partial charge < -0.3 is 19.9 Å². The minimum absolute atomic E-state index is 0. The molecule has 0 atom stereocenters. The number of nitrogens with one attached hydrogen (secondary N) is 1. The molecule has 0 unspecified atom stereocenters. The molecule has 0 aliphatic rings. The molecule has 138 valence electrons. The van der Waals surface area contributed by atoms with Crippen LogP contribution in [0, 0.1) is 5.82 Å². The van der Waals surface area contributed by atoms with Crippen molar-refractivity contribution in [2.45, 2.75) is 32.5 Å². The molecule has 4 nitrogen and oxygen atoms in total. The maximum atomic E-state index is 13.8. The van der Waals surface area contributed by atoms with Gasteiger partial charge in [0, 0.05) is 23.2 Å². The van der Waals surface area contributed by atoms with Crippen LogP contribution in [0.5, 0.6) is 11.5 Å². The Morgan fingerprint density at radius 3 is 2.40 bits per heavy atom. The monoisotopic (exact) mass is 369 g/mol. The predicted octanol–water partition coefficient (Wildman–Crippen LogP) is 3.70. The third-order valence-electron chi connectivity index (χ3n) is 3.76. The van der Waals surface area contributed by atoms with Crippen LogP contribution in [0.2, 0.25) is 0 Å². The summed E-state index contributed by atoms with van der Waals surface area (Å²) in [7, 11) is 1.57. The molecule has 0 saturated carbocycles. The lowest BCUT2D eigenvalue weighted by molar-refractivity contribution is 0.186. The fourth-order valence-electron chi connectivity index (χ4n) is 2.18. The number of hydrogen-bond acceptors (Lipinski definition) is 4. The number of aliphatic hydroxyl groups is 1. The number of halogens is 2. The van der Waals surface area contributed by atoms with Gasteiger partial charge in [0.25, 0.3) is 0 Å². The Hall–Kier alpha value is -1.82. The summed E-state index contributed by atoms with van der Waals surface area (Å²) in [6.45, 7) is 4.45. The first-order valence-corrected chi connectivity index (χ1v) is 7.85. The molecule has 2 rings (SSSR count). The van der Waals surface area contributed by atoms with Crippen molar-refractivity contribution in [3.8, 4) is 11.5 Å². The normalized spacial score (nSPS) is 10.9. The molecule has 0 heterocycles. The summed E-state index contributed by atoms with van der Waals surface area (Å²) in [5.41, 5.74) is 0.955. The molecule has 0 aliphatic heterocycles. The molecular weight excluding hydrogens is 345 g/mol. The van der Waals surface area contributed by atoms with Gasteiger partial charge in [0.2, 0.25) is 0 Å². The van der Waals surface area contributed by atoms with E-state index in [1.807, 2.05) is 26.0 Å². The molecule has 25 heavy (non-hydrogen) atoms. The number of ether oxygens (including phenoxy) is 2. The second-order valence-electron chi connectivity index (χ2n) is 6.22. The highest BCUT2D eigenvalue weighted by Crippen LogP contribution is 2.32. The largest absolute Gasteiger partial charge is 0.493 e. The van der Waals surface area contributed by atoms with Crippen molar-refractivity contribution in [3.05, 3.63) is 59.4 Å². The number of aliphatic hydroxyl groups excluding tert-OH is 1. The molecule has 0 bridgehead atoms. The molecule has 0 aromatic heterocycles. The van der Waals surface area contributed by atoms with Crippen LogP contribution in [0.3, 0.4) is 0 Å². The predicted molar refractivity (Wildman–Crippen MR) is 99.0 cm³/mol. The van der Waals surface area contributed by atoms with Gasteiger partial charge in [0.05, 0.1) is 13.7 Å². The Morgan fingerprint density at radius 2 is 1.76 bits per heavy atom. The Bertz CT molecular complexity index is 679. The number of rotatable bonds is 8. The molecule has 2 aromatic carbocycles. The maximum absolute atomic E-state index is 13.8. The van der Waals surface area contributed by atoms with E-state index < -0.39 is 5.54 Å². The highest BCUT2D eigenvalue weighted by atomic mass is 35.5. The summed E-state index contributed by atoms with van der Waals surface area (Å²) >= 11 is 0. The van der Waals surface area contributed by atoms with Crippen molar-refractivity contribution >= 4 is 12.4 Å². The van der Waals surface area contributed by atoms with Crippen molar-refractivity contribution in [1.82, 2.24) is 5.32 Å². The Kier molecular flexibility index (Phi) is 8.16. The quantitative estimate of drug-likeness (QED) is 0.745. The number of benzene rings is 2. The minimum Gasteiger partial charge on any atom is -0.493 e. The van der Waals surface area contributed by atoms with Crippen LogP contribution < -0.4 is 14.8 Å². The van der Waals surface area contributed by atoms with Gasteiger partial charge in [0.1, 0.15) is 12.4 Å². The van der Waals surface area contributed by atoms with Crippen LogP contribution in [-0.4, -0.2) is 24.4 Å². The lowest BCUT2D eigenvalue weighted by Gasteiger charge is -2.24. The molecule has 0 spiro atoms. The van der Waals surface area contributed by atoms with E-state index in [0.717, 1.165) is 5.56 Å². The fourth-order valence-corrected chi connectivity index (χ4v) is 2.18. The van der Waals surface area contributed by atoms with Gasteiger partial charge in [-0.05, 0) is 26.0 Å². The zero-order valence-corrected chi connectivity index (χ0v) is 15.5. The van der Waals surface area contributed by atoms with Crippen LogP contribution in [0.1, 0.15) is 25.0 Å². The van der Waals surface area contributed by atoms with E-state index in [1.165, 1.54) is 6.07 Å². The minimum atomic E-state index is -0.411. The third kappa shape index (κ3) is 5.88. The average Bonchev–Trinajstić information content (AvgIpc) is 2.59. The zero-order valence-electron chi connectivity index (χ0n) is 14.7. The van der Waals surface area contributed by atoms with Crippen LogP contribution in [0.25, 0.3) is 0 Å². The standard InChI is InChI=1S/C19H24FNO3.ClH/c1-19(2,13-22)21-11-14-8-6-10-17(23-3)18(14)24-12-15-7-4-5-9-16(15)20;/h4-10,21-22H,11-13H2,1-3H3;1H. The summed E-state index contributed by atoms with van der Waals surface area (Å²) in [4.78, 5) is 0. The second kappa shape index (κ2) is 9.61. The molecule has 2 aromatic rings. The summed E-state index contributed by atoms with van der Waals surface area (Å²) in [5, 5.41) is 12.6. The van der Waals surface area contributed by atoms with Gasteiger partial charge in [-0.3, -0.25) is 0 Å². The smallest absolute Gasteiger partial charge is 0.166 e. The summed E-state index contributed by atoms with van der Waals surface area (Å²) in [6.07, 6.45) is 0. The molecule has 0 saturated heterocycles. The molecule has 6 heteroatoms. The van der Waals surface area contributed by atoms with Crippen molar-refractivity contribution in [2.24, 2.45) is 0 Å². The van der Waals surface area contributed by atoms with E-state index in [1.54, 1.807) is 31.4 Å². The van der Waals surface area contributed by atoms with E-state index in [9.17, 15) is 9.50 Å². The van der Waals surface area contributed by atoms with E-state index in [4.69, 9.17) is 9.47 Å². The molecule has 0 radical (unpaired) electrons. The SMILES string of the molecule is COc1cccc(CNC(C)(C)CO)c1OCc1ccccc1F.Cl.